The predicted octanol–water partition coefficient (Wildman–Crippen LogP) is 3.92. The van der Waals surface area contributed by atoms with E-state index < -0.39 is 0 Å². The molecule has 0 saturated carbocycles. The van der Waals surface area contributed by atoms with Crippen LogP contribution in [0.15, 0.2) is 67.3 Å². The number of rotatable bonds is 5. The lowest BCUT2D eigenvalue weighted by Gasteiger charge is -2.11. The summed E-state index contributed by atoms with van der Waals surface area (Å²) in [6, 6.07) is 15.8. The summed E-state index contributed by atoms with van der Waals surface area (Å²) < 4.78 is 5.59. The topological polar surface area (TPSA) is 29.5 Å². The normalized spacial score (nSPS) is 14.9. The Kier molecular flexibility index (Phi) is 4.29. The fraction of sp³-hybridized carbons (Fsp3) is 0.150. The maximum absolute atomic E-state index is 12.4. The molecule has 0 radical (unpaired) electrons. The number of allylic oxidation sites excluding steroid dienone is 1. The Morgan fingerprint density at radius 1 is 1.13 bits per heavy atom. The Bertz CT molecular complexity index is 762. The molecule has 3 rings (SSSR count). The van der Waals surface area contributed by atoms with Crippen molar-refractivity contribution in [3.05, 3.63) is 84.0 Å². The molecule has 3 heteroatoms. The summed E-state index contributed by atoms with van der Waals surface area (Å²) in [5, 5.41) is 0. The molecule has 3 nitrogen and oxygen atoms in total. The van der Waals surface area contributed by atoms with E-state index in [9.17, 15) is 4.79 Å². The Hall–Kier alpha value is -2.81. The molecule has 0 aliphatic carbocycles. The van der Waals surface area contributed by atoms with Crippen LogP contribution in [-0.2, 0) is 6.42 Å². The summed E-state index contributed by atoms with van der Waals surface area (Å²) in [6.45, 7) is 4.10. The lowest BCUT2D eigenvalue weighted by atomic mass is 10.1. The summed E-state index contributed by atoms with van der Waals surface area (Å²) >= 11 is 0. The Labute approximate surface area is 136 Å². The molecule has 0 unspecified atom stereocenters. The van der Waals surface area contributed by atoms with Gasteiger partial charge < -0.3 is 9.64 Å². The molecule has 1 amide bonds. The number of nitrogens with zero attached hydrogens (tertiary/aromatic N) is 1. The van der Waals surface area contributed by atoms with Crippen molar-refractivity contribution in [2.45, 2.75) is 6.42 Å². The van der Waals surface area contributed by atoms with Gasteiger partial charge in [0.05, 0.1) is 0 Å². The first-order valence-electron chi connectivity index (χ1n) is 7.61. The maximum atomic E-state index is 12.4. The molecule has 2 aromatic carbocycles. The zero-order chi connectivity index (χ0) is 16.2. The van der Waals surface area contributed by atoms with E-state index in [1.54, 1.807) is 11.0 Å². The molecule has 0 atom stereocenters. The van der Waals surface area contributed by atoms with Crippen LogP contribution in [0.2, 0.25) is 0 Å². The number of carbonyl (C=O) groups excluding carboxylic acids is 1. The second-order valence-corrected chi connectivity index (χ2v) is 5.45. The van der Waals surface area contributed by atoms with Crippen molar-refractivity contribution in [3.8, 4) is 5.75 Å². The molecular formula is C20H19NO2. The number of fused-ring (bicyclic) bond motifs is 1. The second kappa shape index (κ2) is 6.53. The van der Waals surface area contributed by atoms with Crippen LogP contribution in [0.4, 0.5) is 0 Å². The van der Waals surface area contributed by atoms with Crippen LogP contribution in [0.3, 0.4) is 0 Å². The highest BCUT2D eigenvalue weighted by atomic mass is 16.5. The molecular weight excluding hydrogens is 286 g/mol. The zero-order valence-corrected chi connectivity index (χ0v) is 13.2. The molecule has 0 fully saturated rings. The van der Waals surface area contributed by atoms with Gasteiger partial charge in [-0.15, -0.1) is 0 Å². The van der Waals surface area contributed by atoms with Gasteiger partial charge in [-0.25, -0.2) is 0 Å². The number of carbonyl (C=O) groups is 1. The summed E-state index contributed by atoms with van der Waals surface area (Å²) in [6.07, 6.45) is 4.58. The highest BCUT2D eigenvalue weighted by Gasteiger charge is 2.29. The van der Waals surface area contributed by atoms with Gasteiger partial charge in [-0.05, 0) is 30.2 Å². The number of ether oxygens (including phenoxy) is 1. The molecule has 0 N–H and O–H groups in total. The van der Waals surface area contributed by atoms with Gasteiger partial charge in [0.2, 0.25) is 0 Å². The SMILES string of the molecule is C=CCOc1ccc2c(c1)/C(=C\Cc1ccccc1)N(C)C2=O. The lowest BCUT2D eigenvalue weighted by molar-refractivity contribution is 0.0874. The summed E-state index contributed by atoms with van der Waals surface area (Å²) in [4.78, 5) is 14.1. The third kappa shape index (κ3) is 3.04. The van der Waals surface area contributed by atoms with Gasteiger partial charge in [-0.1, -0.05) is 49.1 Å². The van der Waals surface area contributed by atoms with Crippen LogP contribution in [0.5, 0.6) is 5.75 Å². The van der Waals surface area contributed by atoms with E-state index in [0.29, 0.717) is 6.61 Å². The monoisotopic (exact) mass is 305 g/mol. The molecule has 0 bridgehead atoms. The lowest BCUT2D eigenvalue weighted by Crippen LogP contribution is -2.17. The van der Waals surface area contributed by atoms with E-state index >= 15 is 0 Å². The molecule has 0 saturated heterocycles. The van der Waals surface area contributed by atoms with Crippen molar-refractivity contribution in [1.29, 1.82) is 0 Å². The number of benzene rings is 2. The van der Waals surface area contributed by atoms with Crippen LogP contribution in [0, 0.1) is 0 Å². The maximum Gasteiger partial charge on any atom is 0.258 e. The minimum atomic E-state index is 0.0228. The van der Waals surface area contributed by atoms with Crippen molar-refractivity contribution in [3.63, 3.8) is 0 Å². The largest absolute Gasteiger partial charge is 0.490 e. The van der Waals surface area contributed by atoms with E-state index in [2.05, 4.69) is 24.8 Å². The molecule has 0 aromatic heterocycles. The molecule has 0 spiro atoms. The van der Waals surface area contributed by atoms with Gasteiger partial charge >= 0.3 is 0 Å². The van der Waals surface area contributed by atoms with E-state index in [1.807, 2.05) is 43.4 Å². The van der Waals surface area contributed by atoms with Gasteiger partial charge in [0.1, 0.15) is 12.4 Å². The number of hydrogen-bond acceptors (Lipinski definition) is 2. The Morgan fingerprint density at radius 2 is 1.91 bits per heavy atom. The van der Waals surface area contributed by atoms with Crippen LogP contribution >= 0.6 is 0 Å². The highest BCUT2D eigenvalue weighted by Crippen LogP contribution is 2.34. The van der Waals surface area contributed by atoms with Crippen LogP contribution < -0.4 is 4.74 Å². The van der Waals surface area contributed by atoms with Crippen molar-refractivity contribution < 1.29 is 9.53 Å². The fourth-order valence-corrected chi connectivity index (χ4v) is 2.71. The molecule has 1 aliphatic rings. The summed E-state index contributed by atoms with van der Waals surface area (Å²) in [7, 11) is 1.81. The standard InChI is InChI=1S/C20H19NO2/c1-3-13-23-16-10-11-17-18(14-16)19(21(2)20(17)22)12-9-15-7-5-4-6-8-15/h3-8,10-12,14H,1,9,13H2,2H3/b19-12+. The van der Waals surface area contributed by atoms with E-state index in [1.165, 1.54) is 5.56 Å². The van der Waals surface area contributed by atoms with Crippen LogP contribution in [0.1, 0.15) is 21.5 Å². The Balaban J connectivity index is 1.92. The molecule has 2 aromatic rings. The van der Waals surface area contributed by atoms with Gasteiger partial charge in [-0.3, -0.25) is 4.79 Å². The molecule has 1 heterocycles. The number of amides is 1. The Morgan fingerprint density at radius 3 is 2.65 bits per heavy atom. The summed E-state index contributed by atoms with van der Waals surface area (Å²) in [5.74, 6) is 0.770. The first kappa shape index (κ1) is 15.1. The first-order chi connectivity index (χ1) is 11.2. The average molecular weight is 305 g/mol. The van der Waals surface area contributed by atoms with Crippen molar-refractivity contribution in [2.75, 3.05) is 13.7 Å². The molecule has 116 valence electrons. The van der Waals surface area contributed by atoms with Crippen molar-refractivity contribution >= 4 is 11.6 Å². The minimum Gasteiger partial charge on any atom is -0.490 e. The van der Waals surface area contributed by atoms with Crippen molar-refractivity contribution in [2.24, 2.45) is 0 Å². The van der Waals surface area contributed by atoms with Gasteiger partial charge in [0, 0.05) is 23.9 Å². The fourth-order valence-electron chi connectivity index (χ4n) is 2.71. The van der Waals surface area contributed by atoms with Gasteiger partial charge in [-0.2, -0.15) is 0 Å². The zero-order valence-electron chi connectivity index (χ0n) is 13.2. The average Bonchev–Trinajstić information content (AvgIpc) is 2.83. The highest BCUT2D eigenvalue weighted by molar-refractivity contribution is 6.09. The smallest absolute Gasteiger partial charge is 0.258 e. The van der Waals surface area contributed by atoms with Gasteiger partial charge in [0.15, 0.2) is 0 Å². The van der Waals surface area contributed by atoms with Gasteiger partial charge in [0.25, 0.3) is 5.91 Å². The second-order valence-electron chi connectivity index (χ2n) is 5.45. The third-order valence-corrected chi connectivity index (χ3v) is 3.91. The van der Waals surface area contributed by atoms with E-state index in [-0.39, 0.29) is 5.91 Å². The van der Waals surface area contributed by atoms with Crippen LogP contribution in [0.25, 0.3) is 5.70 Å². The minimum absolute atomic E-state index is 0.0228. The molecule has 23 heavy (non-hydrogen) atoms. The van der Waals surface area contributed by atoms with Crippen LogP contribution in [-0.4, -0.2) is 24.5 Å². The van der Waals surface area contributed by atoms with E-state index in [0.717, 1.165) is 29.0 Å². The quantitative estimate of drug-likeness (QED) is 0.784. The molecule has 1 aliphatic heterocycles. The van der Waals surface area contributed by atoms with Crippen molar-refractivity contribution in [1.82, 2.24) is 4.90 Å². The first-order valence-corrected chi connectivity index (χ1v) is 7.61. The predicted molar refractivity (Wildman–Crippen MR) is 92.4 cm³/mol. The number of hydrogen-bond donors (Lipinski definition) is 0. The van der Waals surface area contributed by atoms with E-state index in [4.69, 9.17) is 4.74 Å². The third-order valence-electron chi connectivity index (χ3n) is 3.91. The summed E-state index contributed by atoms with van der Waals surface area (Å²) in [5.41, 5.74) is 3.79.